The number of hydrogen-bond acceptors (Lipinski definition) is 1. The summed E-state index contributed by atoms with van der Waals surface area (Å²) in [5.41, 5.74) is 6.32. The molecule has 0 heterocycles. The summed E-state index contributed by atoms with van der Waals surface area (Å²) < 4.78 is 0. The van der Waals surface area contributed by atoms with Gasteiger partial charge in [0.2, 0.25) is 0 Å². The molecule has 0 aromatic rings. The SMILES string of the molecule is CCCCC/C=C/C/C=C/CCCCCCCCCCCC(N)CCCCCCCC(C)C. The van der Waals surface area contributed by atoms with Crippen molar-refractivity contribution in [3.05, 3.63) is 24.3 Å². The summed E-state index contributed by atoms with van der Waals surface area (Å²) >= 11 is 0. The van der Waals surface area contributed by atoms with Gasteiger partial charge < -0.3 is 5.73 Å². The first-order chi connectivity index (χ1) is 16.2. The molecule has 0 spiro atoms. The van der Waals surface area contributed by atoms with E-state index in [4.69, 9.17) is 5.73 Å². The van der Waals surface area contributed by atoms with Crippen molar-refractivity contribution in [2.45, 2.75) is 174 Å². The van der Waals surface area contributed by atoms with Gasteiger partial charge in [-0.25, -0.2) is 0 Å². The molecule has 0 bridgehead atoms. The first-order valence-electron chi connectivity index (χ1n) is 15.2. The average molecular weight is 462 g/mol. The molecule has 0 aliphatic carbocycles. The molecule has 1 atom stereocenters. The number of rotatable bonds is 26. The summed E-state index contributed by atoms with van der Waals surface area (Å²) in [7, 11) is 0. The second kappa shape index (κ2) is 27.7. The van der Waals surface area contributed by atoms with Gasteiger partial charge >= 0.3 is 0 Å². The molecular weight excluding hydrogens is 398 g/mol. The second-order valence-corrected chi connectivity index (χ2v) is 10.9. The first-order valence-corrected chi connectivity index (χ1v) is 15.2. The van der Waals surface area contributed by atoms with Crippen molar-refractivity contribution in [2.24, 2.45) is 11.7 Å². The van der Waals surface area contributed by atoms with E-state index in [1.807, 2.05) is 0 Å². The Kier molecular flexibility index (Phi) is 27.2. The number of allylic oxidation sites excluding steroid dienone is 4. The highest BCUT2D eigenvalue weighted by Crippen LogP contribution is 2.15. The molecule has 1 heteroatoms. The van der Waals surface area contributed by atoms with Crippen LogP contribution in [0.25, 0.3) is 0 Å². The maximum absolute atomic E-state index is 6.32. The summed E-state index contributed by atoms with van der Waals surface area (Å²) in [5, 5.41) is 0. The van der Waals surface area contributed by atoms with E-state index in [1.54, 1.807) is 0 Å². The van der Waals surface area contributed by atoms with Crippen molar-refractivity contribution in [3.8, 4) is 0 Å². The third-order valence-corrected chi connectivity index (χ3v) is 6.88. The van der Waals surface area contributed by atoms with Crippen LogP contribution in [0.5, 0.6) is 0 Å². The summed E-state index contributed by atoms with van der Waals surface area (Å²) in [6, 6.07) is 0.455. The van der Waals surface area contributed by atoms with E-state index >= 15 is 0 Å². The number of unbranched alkanes of at least 4 members (excludes halogenated alkanes) is 16. The maximum atomic E-state index is 6.32. The predicted octanol–water partition coefficient (Wildman–Crippen LogP) is 11.1. The minimum atomic E-state index is 0.455. The van der Waals surface area contributed by atoms with Crippen LogP contribution in [-0.2, 0) is 0 Å². The van der Waals surface area contributed by atoms with Gasteiger partial charge in [0, 0.05) is 6.04 Å². The topological polar surface area (TPSA) is 26.0 Å². The minimum absolute atomic E-state index is 0.455. The molecule has 0 aliphatic rings. The van der Waals surface area contributed by atoms with Gasteiger partial charge in [-0.05, 0) is 50.9 Å². The van der Waals surface area contributed by atoms with Crippen molar-refractivity contribution in [3.63, 3.8) is 0 Å². The van der Waals surface area contributed by atoms with Crippen LogP contribution in [0.2, 0.25) is 0 Å². The summed E-state index contributed by atoms with van der Waals surface area (Å²) in [6.07, 6.45) is 40.6. The fourth-order valence-corrected chi connectivity index (χ4v) is 4.56. The van der Waals surface area contributed by atoms with Crippen LogP contribution < -0.4 is 5.73 Å². The summed E-state index contributed by atoms with van der Waals surface area (Å²) in [5.74, 6) is 0.869. The highest BCUT2D eigenvalue weighted by Gasteiger charge is 2.02. The molecule has 0 aromatic heterocycles. The van der Waals surface area contributed by atoms with Crippen LogP contribution in [0.3, 0.4) is 0 Å². The van der Waals surface area contributed by atoms with Crippen LogP contribution in [0.1, 0.15) is 168 Å². The smallest absolute Gasteiger partial charge is 0.00388 e. The van der Waals surface area contributed by atoms with E-state index in [1.165, 1.54) is 141 Å². The molecule has 0 fully saturated rings. The van der Waals surface area contributed by atoms with Gasteiger partial charge in [-0.15, -0.1) is 0 Å². The molecule has 0 amide bonds. The monoisotopic (exact) mass is 461 g/mol. The molecule has 196 valence electrons. The molecule has 0 saturated carbocycles. The zero-order valence-corrected chi connectivity index (χ0v) is 23.3. The quantitative estimate of drug-likeness (QED) is 0.101. The third kappa shape index (κ3) is 29.4. The lowest BCUT2D eigenvalue weighted by atomic mass is 9.99. The number of hydrogen-bond donors (Lipinski definition) is 1. The lowest BCUT2D eigenvalue weighted by Gasteiger charge is -2.11. The molecular formula is C32H63N. The average Bonchev–Trinajstić information content (AvgIpc) is 2.79. The van der Waals surface area contributed by atoms with Crippen LogP contribution in [-0.4, -0.2) is 6.04 Å². The largest absolute Gasteiger partial charge is 0.328 e. The van der Waals surface area contributed by atoms with Crippen molar-refractivity contribution in [1.82, 2.24) is 0 Å². The highest BCUT2D eigenvalue weighted by molar-refractivity contribution is 4.92. The van der Waals surface area contributed by atoms with E-state index in [9.17, 15) is 0 Å². The van der Waals surface area contributed by atoms with Crippen molar-refractivity contribution in [2.75, 3.05) is 0 Å². The van der Waals surface area contributed by atoms with Crippen LogP contribution in [0.15, 0.2) is 24.3 Å². The third-order valence-electron chi connectivity index (χ3n) is 6.88. The maximum Gasteiger partial charge on any atom is 0.00388 e. The Bertz CT molecular complexity index is 409. The Morgan fingerprint density at radius 2 is 0.879 bits per heavy atom. The van der Waals surface area contributed by atoms with Crippen molar-refractivity contribution in [1.29, 1.82) is 0 Å². The Labute approximate surface area is 210 Å². The molecule has 1 nitrogen and oxygen atoms in total. The van der Waals surface area contributed by atoms with E-state index in [0.29, 0.717) is 6.04 Å². The van der Waals surface area contributed by atoms with Crippen LogP contribution >= 0.6 is 0 Å². The van der Waals surface area contributed by atoms with E-state index in [2.05, 4.69) is 45.1 Å². The molecule has 0 radical (unpaired) electrons. The van der Waals surface area contributed by atoms with E-state index < -0.39 is 0 Å². The molecule has 1 unspecified atom stereocenters. The lowest BCUT2D eigenvalue weighted by Crippen LogP contribution is -2.19. The molecule has 2 N–H and O–H groups in total. The first kappa shape index (κ1) is 32.4. The highest BCUT2D eigenvalue weighted by atomic mass is 14.6. The normalized spacial score (nSPS) is 13.1. The van der Waals surface area contributed by atoms with E-state index in [-0.39, 0.29) is 0 Å². The van der Waals surface area contributed by atoms with Crippen LogP contribution in [0.4, 0.5) is 0 Å². The zero-order valence-electron chi connectivity index (χ0n) is 23.3. The Hall–Kier alpha value is -0.560. The van der Waals surface area contributed by atoms with Gasteiger partial charge in [0.15, 0.2) is 0 Å². The Morgan fingerprint density at radius 1 is 0.485 bits per heavy atom. The van der Waals surface area contributed by atoms with Crippen LogP contribution in [0, 0.1) is 5.92 Å². The van der Waals surface area contributed by atoms with Gasteiger partial charge in [0.1, 0.15) is 0 Å². The standard InChI is InChI=1S/C32H63N/c1-4-5-6-7-8-9-10-11-12-13-14-15-16-17-18-19-20-23-26-29-32(33)30-27-24-21-22-25-28-31(2)3/h8-9,11-12,31-32H,4-7,10,13-30,33H2,1-3H3/b9-8+,12-11+. The molecule has 0 aromatic carbocycles. The molecule has 0 aliphatic heterocycles. The minimum Gasteiger partial charge on any atom is -0.328 e. The second-order valence-electron chi connectivity index (χ2n) is 10.9. The Balaban J connectivity index is 3.22. The van der Waals surface area contributed by atoms with E-state index in [0.717, 1.165) is 12.3 Å². The van der Waals surface area contributed by atoms with Crippen molar-refractivity contribution < 1.29 is 0 Å². The van der Waals surface area contributed by atoms with Gasteiger partial charge in [-0.2, -0.15) is 0 Å². The van der Waals surface area contributed by atoms with Gasteiger partial charge in [-0.1, -0.05) is 148 Å². The fourth-order valence-electron chi connectivity index (χ4n) is 4.56. The summed E-state index contributed by atoms with van der Waals surface area (Å²) in [6.45, 7) is 6.93. The van der Waals surface area contributed by atoms with Gasteiger partial charge in [-0.3, -0.25) is 0 Å². The van der Waals surface area contributed by atoms with Gasteiger partial charge in [0.05, 0.1) is 0 Å². The Morgan fingerprint density at radius 3 is 1.33 bits per heavy atom. The predicted molar refractivity (Wildman–Crippen MR) is 153 cm³/mol. The summed E-state index contributed by atoms with van der Waals surface area (Å²) in [4.78, 5) is 0. The molecule has 0 saturated heterocycles. The number of nitrogens with two attached hydrogens (primary N) is 1. The van der Waals surface area contributed by atoms with Gasteiger partial charge in [0.25, 0.3) is 0 Å². The molecule has 0 rings (SSSR count). The fraction of sp³-hybridized carbons (Fsp3) is 0.875. The zero-order chi connectivity index (χ0) is 24.2. The van der Waals surface area contributed by atoms with Crippen molar-refractivity contribution >= 4 is 0 Å². The lowest BCUT2D eigenvalue weighted by molar-refractivity contribution is 0.473. The molecule has 33 heavy (non-hydrogen) atoms.